The van der Waals surface area contributed by atoms with Gasteiger partial charge in [0.05, 0.1) is 0 Å². The molecule has 0 aromatic heterocycles. The largest absolute Gasteiger partial charge is 0.311 e. The monoisotopic (exact) mass is 155 g/mol. The molecule has 0 amide bonds. The fourth-order valence-corrected chi connectivity index (χ4v) is 1.76. The van der Waals surface area contributed by atoms with E-state index in [9.17, 15) is 0 Å². The number of hydrogen-bond donors (Lipinski definition) is 1. The van der Waals surface area contributed by atoms with Gasteiger partial charge in [-0.05, 0) is 17.8 Å². The highest BCUT2D eigenvalue weighted by Crippen LogP contribution is 2.45. The number of rotatable bonds is 2. The van der Waals surface area contributed by atoms with E-state index in [1.807, 2.05) is 0 Å². The lowest BCUT2D eigenvalue weighted by molar-refractivity contribution is 0.329. The molecule has 2 unspecified atom stereocenters. The average Bonchev–Trinajstić information content (AvgIpc) is 2.40. The van der Waals surface area contributed by atoms with E-state index in [1.165, 1.54) is 6.42 Å². The molecule has 1 fully saturated rings. The second-order valence-corrected chi connectivity index (χ2v) is 5.14. The molecule has 0 saturated heterocycles. The van der Waals surface area contributed by atoms with E-state index < -0.39 is 0 Å². The minimum atomic E-state index is 0.507. The SMILES string of the molecule is CC(C)NC1CC1C(C)(C)C. The van der Waals surface area contributed by atoms with Gasteiger partial charge in [0, 0.05) is 12.1 Å². The molecule has 0 heterocycles. The first-order chi connectivity index (χ1) is 4.91. The van der Waals surface area contributed by atoms with Gasteiger partial charge < -0.3 is 5.32 Å². The summed E-state index contributed by atoms with van der Waals surface area (Å²) in [5, 5.41) is 3.57. The Morgan fingerprint density at radius 3 is 2.09 bits per heavy atom. The van der Waals surface area contributed by atoms with Crippen molar-refractivity contribution in [3.63, 3.8) is 0 Å². The Morgan fingerprint density at radius 2 is 1.82 bits per heavy atom. The van der Waals surface area contributed by atoms with Gasteiger partial charge in [0.1, 0.15) is 0 Å². The van der Waals surface area contributed by atoms with Crippen LogP contribution in [0.15, 0.2) is 0 Å². The zero-order chi connectivity index (χ0) is 8.65. The predicted molar refractivity (Wildman–Crippen MR) is 49.6 cm³/mol. The quantitative estimate of drug-likeness (QED) is 0.645. The Labute approximate surface area is 70.6 Å². The second kappa shape index (κ2) is 2.78. The predicted octanol–water partition coefficient (Wildman–Crippen LogP) is 2.42. The van der Waals surface area contributed by atoms with Gasteiger partial charge in [0.25, 0.3) is 0 Å². The van der Waals surface area contributed by atoms with Crippen LogP contribution in [0.2, 0.25) is 0 Å². The van der Waals surface area contributed by atoms with E-state index in [-0.39, 0.29) is 0 Å². The van der Waals surface area contributed by atoms with Gasteiger partial charge in [-0.3, -0.25) is 0 Å². The van der Waals surface area contributed by atoms with E-state index in [4.69, 9.17) is 0 Å². The van der Waals surface area contributed by atoms with Gasteiger partial charge in [-0.25, -0.2) is 0 Å². The highest BCUT2D eigenvalue weighted by molar-refractivity contribution is 5.00. The Morgan fingerprint density at radius 1 is 1.27 bits per heavy atom. The molecule has 0 aliphatic heterocycles. The summed E-state index contributed by atoms with van der Waals surface area (Å²) in [6.45, 7) is 11.4. The maximum Gasteiger partial charge on any atom is 0.0107 e. The molecule has 1 aliphatic carbocycles. The molecule has 66 valence electrons. The molecular formula is C10H21N. The van der Waals surface area contributed by atoms with Gasteiger partial charge in [-0.2, -0.15) is 0 Å². The minimum Gasteiger partial charge on any atom is -0.311 e. The van der Waals surface area contributed by atoms with Crippen LogP contribution >= 0.6 is 0 Å². The lowest BCUT2D eigenvalue weighted by Gasteiger charge is -2.19. The molecule has 0 bridgehead atoms. The Hall–Kier alpha value is -0.0400. The van der Waals surface area contributed by atoms with Crippen LogP contribution in [-0.4, -0.2) is 12.1 Å². The smallest absolute Gasteiger partial charge is 0.0107 e. The maximum atomic E-state index is 3.57. The van der Waals surface area contributed by atoms with Crippen LogP contribution in [0.3, 0.4) is 0 Å². The third-order valence-corrected chi connectivity index (χ3v) is 2.45. The molecule has 1 N–H and O–H groups in total. The van der Waals surface area contributed by atoms with Crippen molar-refractivity contribution in [2.75, 3.05) is 0 Å². The summed E-state index contributed by atoms with van der Waals surface area (Å²) in [6.07, 6.45) is 1.38. The summed E-state index contributed by atoms with van der Waals surface area (Å²) in [5.74, 6) is 0.907. The molecule has 1 aliphatic rings. The lowest BCUT2D eigenvalue weighted by Crippen LogP contribution is -2.28. The maximum absolute atomic E-state index is 3.57. The average molecular weight is 155 g/mol. The van der Waals surface area contributed by atoms with Gasteiger partial charge in [-0.1, -0.05) is 34.6 Å². The van der Waals surface area contributed by atoms with Crippen LogP contribution in [0, 0.1) is 11.3 Å². The second-order valence-electron chi connectivity index (χ2n) is 5.14. The fourth-order valence-electron chi connectivity index (χ4n) is 1.76. The van der Waals surface area contributed by atoms with Gasteiger partial charge in [0.15, 0.2) is 0 Å². The van der Waals surface area contributed by atoms with Crippen molar-refractivity contribution in [3.05, 3.63) is 0 Å². The molecule has 0 aromatic rings. The number of hydrogen-bond acceptors (Lipinski definition) is 1. The highest BCUT2D eigenvalue weighted by Gasteiger charge is 2.44. The molecule has 1 saturated carbocycles. The normalized spacial score (nSPS) is 31.1. The third kappa shape index (κ3) is 2.48. The molecule has 2 atom stereocenters. The minimum absolute atomic E-state index is 0.507. The van der Waals surface area contributed by atoms with E-state index in [2.05, 4.69) is 39.9 Å². The van der Waals surface area contributed by atoms with Crippen molar-refractivity contribution in [1.29, 1.82) is 0 Å². The molecule has 11 heavy (non-hydrogen) atoms. The first-order valence-electron chi connectivity index (χ1n) is 4.67. The summed E-state index contributed by atoms with van der Waals surface area (Å²) in [6, 6.07) is 1.45. The van der Waals surface area contributed by atoms with Crippen LogP contribution < -0.4 is 5.32 Å². The van der Waals surface area contributed by atoms with Gasteiger partial charge in [0.2, 0.25) is 0 Å². The van der Waals surface area contributed by atoms with E-state index in [0.717, 1.165) is 12.0 Å². The van der Waals surface area contributed by atoms with Crippen molar-refractivity contribution < 1.29 is 0 Å². The van der Waals surface area contributed by atoms with Crippen LogP contribution in [0.1, 0.15) is 41.0 Å². The molecule has 1 rings (SSSR count). The fraction of sp³-hybridized carbons (Fsp3) is 1.00. The molecule has 1 nitrogen and oxygen atoms in total. The molecule has 1 heteroatoms. The third-order valence-electron chi connectivity index (χ3n) is 2.45. The van der Waals surface area contributed by atoms with E-state index >= 15 is 0 Å². The van der Waals surface area contributed by atoms with Gasteiger partial charge >= 0.3 is 0 Å². The van der Waals surface area contributed by atoms with Crippen LogP contribution in [0.5, 0.6) is 0 Å². The first kappa shape index (κ1) is 9.05. The van der Waals surface area contributed by atoms with E-state index in [1.54, 1.807) is 0 Å². The van der Waals surface area contributed by atoms with Crippen molar-refractivity contribution in [3.8, 4) is 0 Å². The van der Waals surface area contributed by atoms with Crippen LogP contribution in [-0.2, 0) is 0 Å². The van der Waals surface area contributed by atoms with Crippen molar-refractivity contribution in [2.24, 2.45) is 11.3 Å². The Bertz CT molecular complexity index is 132. The summed E-state index contributed by atoms with van der Waals surface area (Å²) in [4.78, 5) is 0. The standard InChI is InChI=1S/C10H21N/c1-7(2)11-9-6-8(9)10(3,4)5/h7-9,11H,6H2,1-5H3. The van der Waals surface area contributed by atoms with Crippen molar-refractivity contribution in [2.45, 2.75) is 53.1 Å². The molecule has 0 aromatic carbocycles. The molecular weight excluding hydrogens is 134 g/mol. The Kier molecular flexibility index (Phi) is 2.29. The van der Waals surface area contributed by atoms with Crippen molar-refractivity contribution in [1.82, 2.24) is 5.32 Å². The van der Waals surface area contributed by atoms with E-state index in [0.29, 0.717) is 11.5 Å². The lowest BCUT2D eigenvalue weighted by atomic mass is 9.90. The van der Waals surface area contributed by atoms with Crippen LogP contribution in [0.4, 0.5) is 0 Å². The highest BCUT2D eigenvalue weighted by atomic mass is 15.0. The summed E-state index contributed by atoms with van der Waals surface area (Å²) in [5.41, 5.74) is 0.507. The first-order valence-corrected chi connectivity index (χ1v) is 4.67. The zero-order valence-corrected chi connectivity index (χ0v) is 8.44. The van der Waals surface area contributed by atoms with Crippen LogP contribution in [0.25, 0.3) is 0 Å². The topological polar surface area (TPSA) is 12.0 Å². The number of nitrogens with one attached hydrogen (secondary N) is 1. The summed E-state index contributed by atoms with van der Waals surface area (Å²) >= 11 is 0. The Balaban J connectivity index is 2.27. The molecule has 0 radical (unpaired) electrons. The van der Waals surface area contributed by atoms with Gasteiger partial charge in [-0.15, -0.1) is 0 Å². The zero-order valence-electron chi connectivity index (χ0n) is 8.44. The van der Waals surface area contributed by atoms with Crippen molar-refractivity contribution >= 4 is 0 Å². The summed E-state index contributed by atoms with van der Waals surface area (Å²) in [7, 11) is 0. The molecule has 0 spiro atoms. The summed E-state index contributed by atoms with van der Waals surface area (Å²) < 4.78 is 0.